The topological polar surface area (TPSA) is 41.4 Å². The van der Waals surface area contributed by atoms with Crippen molar-refractivity contribution in [2.45, 2.75) is 40.5 Å². The summed E-state index contributed by atoms with van der Waals surface area (Å²) in [5.41, 5.74) is 5.00. The van der Waals surface area contributed by atoms with E-state index in [1.807, 2.05) is 9.58 Å². The molecule has 1 fully saturated rings. The Morgan fingerprint density at radius 1 is 1.00 bits per heavy atom. The first-order chi connectivity index (χ1) is 12.6. The fourth-order valence-corrected chi connectivity index (χ4v) is 3.65. The van der Waals surface area contributed by atoms with Crippen molar-refractivity contribution >= 4 is 5.91 Å². The van der Waals surface area contributed by atoms with E-state index in [0.29, 0.717) is 0 Å². The summed E-state index contributed by atoms with van der Waals surface area (Å²) in [4.78, 5) is 17.7. The highest BCUT2D eigenvalue weighted by molar-refractivity contribution is 5.96. The van der Waals surface area contributed by atoms with Crippen LogP contribution in [0.4, 0.5) is 0 Å². The molecule has 1 amide bonds. The van der Waals surface area contributed by atoms with E-state index < -0.39 is 0 Å². The number of nitrogens with zero attached hydrogens (tertiary/aromatic N) is 4. The Bertz CT molecular complexity index is 755. The highest BCUT2D eigenvalue weighted by Gasteiger charge is 2.28. The van der Waals surface area contributed by atoms with Crippen molar-refractivity contribution in [3.63, 3.8) is 0 Å². The lowest BCUT2D eigenvalue weighted by molar-refractivity contribution is 0.0641. The largest absolute Gasteiger partial charge is 0.336 e. The van der Waals surface area contributed by atoms with E-state index in [-0.39, 0.29) is 5.91 Å². The SMILES string of the molecule is CCc1nn(-c2ccc(C)cc2)c(CC)c1C(=O)N1CCN(CC)CC1. The first kappa shape index (κ1) is 18.6. The molecule has 1 aliphatic heterocycles. The standard InChI is InChI=1S/C21H30N4O/c1-5-18-20(21(26)24-14-12-23(7-3)13-15-24)19(6-2)25(22-18)17-10-8-16(4)9-11-17/h8-11H,5-7,12-15H2,1-4H3. The number of amides is 1. The third kappa shape index (κ3) is 3.54. The highest BCUT2D eigenvalue weighted by atomic mass is 16.2. The van der Waals surface area contributed by atoms with E-state index in [9.17, 15) is 4.79 Å². The molecule has 0 spiro atoms. The van der Waals surface area contributed by atoms with Gasteiger partial charge < -0.3 is 9.80 Å². The van der Waals surface area contributed by atoms with Crippen LogP contribution in [0.1, 0.15) is 48.1 Å². The number of rotatable bonds is 5. The molecule has 2 aromatic rings. The fraction of sp³-hybridized carbons (Fsp3) is 0.524. The second-order valence-corrected chi connectivity index (χ2v) is 6.95. The number of carbonyl (C=O) groups excluding carboxylic acids is 1. The van der Waals surface area contributed by atoms with Gasteiger partial charge in [0.05, 0.1) is 22.6 Å². The summed E-state index contributed by atoms with van der Waals surface area (Å²) in [5, 5.41) is 4.81. The Morgan fingerprint density at radius 2 is 1.65 bits per heavy atom. The number of hydrogen-bond donors (Lipinski definition) is 0. The zero-order chi connectivity index (χ0) is 18.7. The number of aryl methyl sites for hydroxylation is 2. The molecule has 2 heterocycles. The van der Waals surface area contributed by atoms with Gasteiger partial charge in [0.25, 0.3) is 5.91 Å². The van der Waals surface area contributed by atoms with E-state index in [2.05, 4.69) is 56.9 Å². The molecule has 0 saturated carbocycles. The van der Waals surface area contributed by atoms with Gasteiger partial charge in [0, 0.05) is 26.2 Å². The zero-order valence-corrected chi connectivity index (χ0v) is 16.5. The minimum atomic E-state index is 0.146. The van der Waals surface area contributed by atoms with Crippen molar-refractivity contribution in [3.05, 3.63) is 46.8 Å². The quantitative estimate of drug-likeness (QED) is 0.829. The molecular weight excluding hydrogens is 324 g/mol. The minimum absolute atomic E-state index is 0.146. The average molecular weight is 354 g/mol. The van der Waals surface area contributed by atoms with Gasteiger partial charge in [-0.3, -0.25) is 4.79 Å². The number of aromatic nitrogens is 2. The number of benzene rings is 1. The Kier molecular flexibility index (Phi) is 5.77. The van der Waals surface area contributed by atoms with Crippen molar-refractivity contribution in [1.29, 1.82) is 0 Å². The maximum Gasteiger partial charge on any atom is 0.257 e. The summed E-state index contributed by atoms with van der Waals surface area (Å²) >= 11 is 0. The molecule has 0 unspecified atom stereocenters. The number of likely N-dealkylation sites (N-methyl/N-ethyl adjacent to an activating group) is 1. The summed E-state index contributed by atoms with van der Waals surface area (Å²) in [6.07, 6.45) is 1.55. The van der Waals surface area contributed by atoms with Crippen molar-refractivity contribution < 1.29 is 4.79 Å². The second kappa shape index (κ2) is 8.04. The van der Waals surface area contributed by atoms with E-state index in [1.165, 1.54) is 5.56 Å². The molecule has 5 heteroatoms. The van der Waals surface area contributed by atoms with Crippen molar-refractivity contribution in [2.75, 3.05) is 32.7 Å². The second-order valence-electron chi connectivity index (χ2n) is 6.95. The normalized spacial score (nSPS) is 15.5. The van der Waals surface area contributed by atoms with Crippen LogP contribution in [0.3, 0.4) is 0 Å². The maximum absolute atomic E-state index is 13.3. The van der Waals surface area contributed by atoms with Crippen LogP contribution in [-0.2, 0) is 12.8 Å². The zero-order valence-electron chi connectivity index (χ0n) is 16.5. The molecule has 0 bridgehead atoms. The molecule has 1 saturated heterocycles. The number of piperazine rings is 1. The fourth-order valence-electron chi connectivity index (χ4n) is 3.65. The van der Waals surface area contributed by atoms with Crippen LogP contribution in [0.25, 0.3) is 5.69 Å². The third-order valence-corrected chi connectivity index (χ3v) is 5.32. The predicted octanol–water partition coefficient (Wildman–Crippen LogP) is 3.08. The van der Waals surface area contributed by atoms with Gasteiger partial charge in [-0.25, -0.2) is 4.68 Å². The van der Waals surface area contributed by atoms with E-state index in [0.717, 1.165) is 68.2 Å². The molecule has 0 N–H and O–H groups in total. The third-order valence-electron chi connectivity index (χ3n) is 5.32. The van der Waals surface area contributed by atoms with Gasteiger partial charge in [-0.1, -0.05) is 38.5 Å². The van der Waals surface area contributed by atoms with Gasteiger partial charge in [0.1, 0.15) is 0 Å². The van der Waals surface area contributed by atoms with Crippen LogP contribution >= 0.6 is 0 Å². The summed E-state index contributed by atoms with van der Waals surface area (Å²) in [6.45, 7) is 13.0. The van der Waals surface area contributed by atoms with Gasteiger partial charge in [0.15, 0.2) is 0 Å². The smallest absolute Gasteiger partial charge is 0.257 e. The Morgan fingerprint density at radius 3 is 2.19 bits per heavy atom. The molecule has 0 radical (unpaired) electrons. The Labute approximate surface area is 156 Å². The summed E-state index contributed by atoms with van der Waals surface area (Å²) < 4.78 is 1.97. The van der Waals surface area contributed by atoms with Gasteiger partial charge in [-0.15, -0.1) is 0 Å². The lowest BCUT2D eigenvalue weighted by atomic mass is 10.1. The van der Waals surface area contributed by atoms with Crippen LogP contribution in [0, 0.1) is 6.92 Å². The lowest BCUT2D eigenvalue weighted by Gasteiger charge is -2.34. The van der Waals surface area contributed by atoms with Crippen molar-refractivity contribution in [3.8, 4) is 5.69 Å². The molecular formula is C21H30N4O. The minimum Gasteiger partial charge on any atom is -0.336 e. The average Bonchev–Trinajstić information content (AvgIpc) is 3.06. The lowest BCUT2D eigenvalue weighted by Crippen LogP contribution is -2.48. The molecule has 5 nitrogen and oxygen atoms in total. The highest BCUT2D eigenvalue weighted by Crippen LogP contribution is 2.23. The summed E-state index contributed by atoms with van der Waals surface area (Å²) in [5.74, 6) is 0.146. The monoisotopic (exact) mass is 354 g/mol. The van der Waals surface area contributed by atoms with Gasteiger partial charge in [-0.05, 0) is 38.4 Å². The van der Waals surface area contributed by atoms with Crippen LogP contribution < -0.4 is 0 Å². The first-order valence-electron chi connectivity index (χ1n) is 9.78. The summed E-state index contributed by atoms with van der Waals surface area (Å²) in [7, 11) is 0. The Hall–Kier alpha value is -2.14. The van der Waals surface area contributed by atoms with Gasteiger partial charge in [-0.2, -0.15) is 5.10 Å². The number of carbonyl (C=O) groups is 1. The molecule has 1 aromatic carbocycles. The van der Waals surface area contributed by atoms with Gasteiger partial charge in [0.2, 0.25) is 0 Å². The molecule has 140 valence electrons. The predicted molar refractivity (Wildman–Crippen MR) is 105 cm³/mol. The van der Waals surface area contributed by atoms with E-state index in [4.69, 9.17) is 5.10 Å². The molecule has 1 aliphatic rings. The molecule has 0 atom stereocenters. The molecule has 0 aliphatic carbocycles. The van der Waals surface area contributed by atoms with Crippen LogP contribution in [0.2, 0.25) is 0 Å². The molecule has 26 heavy (non-hydrogen) atoms. The maximum atomic E-state index is 13.3. The number of hydrogen-bond acceptors (Lipinski definition) is 3. The van der Waals surface area contributed by atoms with E-state index >= 15 is 0 Å². The van der Waals surface area contributed by atoms with Crippen molar-refractivity contribution in [1.82, 2.24) is 19.6 Å². The first-order valence-corrected chi connectivity index (χ1v) is 9.78. The summed E-state index contributed by atoms with van der Waals surface area (Å²) in [6, 6.07) is 8.34. The van der Waals surface area contributed by atoms with Crippen LogP contribution in [0.5, 0.6) is 0 Å². The molecule has 3 rings (SSSR count). The Balaban J connectivity index is 1.96. The van der Waals surface area contributed by atoms with Crippen LogP contribution in [-0.4, -0.2) is 58.2 Å². The van der Waals surface area contributed by atoms with Crippen molar-refractivity contribution in [2.24, 2.45) is 0 Å². The van der Waals surface area contributed by atoms with Crippen LogP contribution in [0.15, 0.2) is 24.3 Å². The van der Waals surface area contributed by atoms with E-state index in [1.54, 1.807) is 0 Å². The van der Waals surface area contributed by atoms with Gasteiger partial charge >= 0.3 is 0 Å². The molecule has 1 aromatic heterocycles.